The molecule has 1 fully saturated rings. The highest BCUT2D eigenvalue weighted by Crippen LogP contribution is 2.32. The molecule has 6 rings (SSSR count). The quantitative estimate of drug-likeness (QED) is 0.401. The lowest BCUT2D eigenvalue weighted by Crippen LogP contribution is -2.31. The van der Waals surface area contributed by atoms with E-state index in [9.17, 15) is 4.79 Å². The van der Waals surface area contributed by atoms with Gasteiger partial charge in [-0.05, 0) is 66.5 Å². The van der Waals surface area contributed by atoms with Crippen LogP contribution in [0.3, 0.4) is 0 Å². The van der Waals surface area contributed by atoms with E-state index in [-0.39, 0.29) is 11.9 Å². The number of likely N-dealkylation sites (tertiary alicyclic amines) is 1. The zero-order chi connectivity index (χ0) is 24.5. The molecular weight excluding hydrogens is 444 g/mol. The molecule has 1 aliphatic heterocycles. The molecule has 5 nitrogen and oxygen atoms in total. The Morgan fingerprint density at radius 2 is 1.81 bits per heavy atom. The average Bonchev–Trinajstić information content (AvgIpc) is 3.64. The minimum absolute atomic E-state index is 0.0938. The molecule has 1 N–H and O–H groups in total. The molecule has 2 aromatic carbocycles. The van der Waals surface area contributed by atoms with Crippen molar-refractivity contribution in [1.82, 2.24) is 19.8 Å². The van der Waals surface area contributed by atoms with E-state index in [1.807, 2.05) is 6.20 Å². The minimum Gasteiger partial charge on any atom is -0.350 e. The Balaban J connectivity index is 1.05. The smallest absolute Gasteiger partial charge is 0.223 e. The number of amides is 1. The van der Waals surface area contributed by atoms with Crippen molar-refractivity contribution in [3.05, 3.63) is 101 Å². The van der Waals surface area contributed by atoms with E-state index in [0.29, 0.717) is 12.5 Å². The topological polar surface area (TPSA) is 50.2 Å². The van der Waals surface area contributed by atoms with Crippen LogP contribution in [0.15, 0.2) is 73.1 Å². The maximum absolute atomic E-state index is 13.2. The Morgan fingerprint density at radius 3 is 2.58 bits per heavy atom. The first-order valence-electron chi connectivity index (χ1n) is 13.2. The number of rotatable bonds is 7. The van der Waals surface area contributed by atoms with Gasteiger partial charge in [-0.15, -0.1) is 0 Å². The fraction of sp³-hybridized carbons (Fsp3) is 0.355. The largest absolute Gasteiger partial charge is 0.350 e. The minimum atomic E-state index is 0.0938. The molecule has 0 saturated carbocycles. The molecule has 2 aliphatic rings. The van der Waals surface area contributed by atoms with Crippen molar-refractivity contribution in [2.45, 2.75) is 57.2 Å². The predicted molar refractivity (Wildman–Crippen MR) is 144 cm³/mol. The summed E-state index contributed by atoms with van der Waals surface area (Å²) < 4.78 is 2.15. The summed E-state index contributed by atoms with van der Waals surface area (Å²) in [6.07, 6.45) is 9.68. The summed E-state index contributed by atoms with van der Waals surface area (Å²) in [6.45, 7) is 1.65. The third kappa shape index (κ3) is 4.56. The number of hydrogen-bond donors (Lipinski definition) is 1. The van der Waals surface area contributed by atoms with Gasteiger partial charge in [-0.25, -0.2) is 0 Å². The van der Waals surface area contributed by atoms with E-state index in [4.69, 9.17) is 4.98 Å². The van der Waals surface area contributed by atoms with Gasteiger partial charge in [-0.3, -0.25) is 9.78 Å². The zero-order valence-electron chi connectivity index (χ0n) is 21.0. The van der Waals surface area contributed by atoms with E-state index >= 15 is 0 Å². The molecule has 0 radical (unpaired) electrons. The molecule has 36 heavy (non-hydrogen) atoms. The highest BCUT2D eigenvalue weighted by molar-refractivity contribution is 5.85. The van der Waals surface area contributed by atoms with Gasteiger partial charge in [0.1, 0.15) is 0 Å². The number of nitrogens with zero attached hydrogens (tertiary/aromatic N) is 3. The van der Waals surface area contributed by atoms with Crippen molar-refractivity contribution in [2.75, 3.05) is 6.54 Å². The van der Waals surface area contributed by atoms with Crippen molar-refractivity contribution in [2.24, 2.45) is 7.05 Å². The van der Waals surface area contributed by atoms with Crippen molar-refractivity contribution in [3.63, 3.8) is 0 Å². The predicted octanol–water partition coefficient (Wildman–Crippen LogP) is 5.13. The van der Waals surface area contributed by atoms with Gasteiger partial charge >= 0.3 is 0 Å². The fourth-order valence-electron chi connectivity index (χ4n) is 6.09. The third-order valence-electron chi connectivity index (χ3n) is 8.00. The standard InChI is InChI=1S/C31H34N4O/c1-34-21-25(27-9-4-5-10-29(27)34)13-15-31(36)35-16-6-11-30(35)28-14-12-22(20-33-28)19-32-26-17-23-7-2-3-8-24(23)18-26/h2-5,7-10,12,14,20-21,26,30,32H,6,11,13,15-19H2,1H3/t30-/m1/s1. The maximum Gasteiger partial charge on any atom is 0.223 e. The molecule has 0 unspecified atom stereocenters. The van der Waals surface area contributed by atoms with Crippen molar-refractivity contribution in [1.29, 1.82) is 0 Å². The van der Waals surface area contributed by atoms with E-state index in [0.717, 1.165) is 50.9 Å². The number of carbonyl (C=O) groups is 1. The summed E-state index contributed by atoms with van der Waals surface area (Å²) in [6, 6.07) is 22.0. The van der Waals surface area contributed by atoms with Crippen molar-refractivity contribution in [3.8, 4) is 0 Å². The van der Waals surface area contributed by atoms with E-state index in [1.165, 1.54) is 33.2 Å². The summed E-state index contributed by atoms with van der Waals surface area (Å²) in [4.78, 5) is 20.1. The number of aromatic nitrogens is 2. The summed E-state index contributed by atoms with van der Waals surface area (Å²) in [5, 5.41) is 4.95. The van der Waals surface area contributed by atoms with Gasteiger partial charge in [0.25, 0.3) is 0 Å². The van der Waals surface area contributed by atoms with Crippen LogP contribution in [0.1, 0.15) is 53.3 Å². The van der Waals surface area contributed by atoms with Crippen LogP contribution < -0.4 is 5.32 Å². The van der Waals surface area contributed by atoms with E-state index < -0.39 is 0 Å². The first-order valence-corrected chi connectivity index (χ1v) is 13.2. The molecular formula is C31H34N4O. The first-order chi connectivity index (χ1) is 17.7. The number of hydrogen-bond acceptors (Lipinski definition) is 3. The molecule has 4 aromatic rings. The summed E-state index contributed by atoms with van der Waals surface area (Å²) in [5.74, 6) is 0.235. The fourth-order valence-corrected chi connectivity index (χ4v) is 6.09. The van der Waals surface area contributed by atoms with E-state index in [1.54, 1.807) is 0 Å². The second-order valence-electron chi connectivity index (χ2n) is 10.4. The van der Waals surface area contributed by atoms with Crippen LogP contribution in [-0.2, 0) is 37.6 Å². The summed E-state index contributed by atoms with van der Waals surface area (Å²) in [5.41, 5.74) is 7.61. The van der Waals surface area contributed by atoms with Gasteiger partial charge in [-0.2, -0.15) is 0 Å². The van der Waals surface area contributed by atoms with Crippen LogP contribution in [0.5, 0.6) is 0 Å². The van der Waals surface area contributed by atoms with Gasteiger partial charge in [0.05, 0.1) is 11.7 Å². The maximum atomic E-state index is 13.2. The molecule has 1 atom stereocenters. The van der Waals surface area contributed by atoms with Crippen molar-refractivity contribution >= 4 is 16.8 Å². The lowest BCUT2D eigenvalue weighted by atomic mass is 10.1. The van der Waals surface area contributed by atoms with Crippen LogP contribution in [0.4, 0.5) is 0 Å². The molecule has 5 heteroatoms. The van der Waals surface area contributed by atoms with Crippen LogP contribution in [0.2, 0.25) is 0 Å². The summed E-state index contributed by atoms with van der Waals surface area (Å²) >= 11 is 0. The van der Waals surface area contributed by atoms with Gasteiger partial charge in [0.15, 0.2) is 0 Å². The van der Waals surface area contributed by atoms with Crippen LogP contribution in [0, 0.1) is 0 Å². The molecule has 3 heterocycles. The Labute approximate surface area is 213 Å². The molecule has 1 amide bonds. The number of fused-ring (bicyclic) bond motifs is 2. The summed E-state index contributed by atoms with van der Waals surface area (Å²) in [7, 11) is 2.07. The van der Waals surface area contributed by atoms with Crippen LogP contribution >= 0.6 is 0 Å². The van der Waals surface area contributed by atoms with Gasteiger partial charge in [-0.1, -0.05) is 48.5 Å². The highest BCUT2D eigenvalue weighted by Gasteiger charge is 2.30. The van der Waals surface area contributed by atoms with E-state index in [2.05, 4.69) is 88.7 Å². The Hall–Kier alpha value is -3.44. The zero-order valence-corrected chi connectivity index (χ0v) is 21.0. The number of carbonyl (C=O) groups excluding carboxylic acids is 1. The van der Waals surface area contributed by atoms with Crippen molar-refractivity contribution < 1.29 is 4.79 Å². The number of aryl methyl sites for hydroxylation is 2. The SMILES string of the molecule is Cn1cc(CCC(=O)N2CCC[C@@H]2c2ccc(CNC3Cc4ccccc4C3)cn2)c2ccccc21. The molecule has 0 spiro atoms. The molecule has 2 aromatic heterocycles. The Kier molecular flexibility index (Phi) is 6.32. The number of pyridine rings is 1. The van der Waals surface area contributed by atoms with Gasteiger partial charge in [0.2, 0.25) is 5.91 Å². The first kappa shape index (κ1) is 23.0. The number of nitrogens with one attached hydrogen (secondary N) is 1. The van der Waals surface area contributed by atoms with Crippen LogP contribution in [0.25, 0.3) is 10.9 Å². The van der Waals surface area contributed by atoms with Gasteiger partial charge < -0.3 is 14.8 Å². The molecule has 0 bridgehead atoms. The van der Waals surface area contributed by atoms with Crippen LogP contribution in [-0.4, -0.2) is 32.9 Å². The molecule has 184 valence electrons. The number of benzene rings is 2. The second kappa shape index (κ2) is 9.90. The number of para-hydroxylation sites is 1. The molecule has 1 saturated heterocycles. The monoisotopic (exact) mass is 478 g/mol. The second-order valence-corrected chi connectivity index (χ2v) is 10.4. The lowest BCUT2D eigenvalue weighted by molar-refractivity contribution is -0.132. The molecule has 1 aliphatic carbocycles. The normalized spacial score (nSPS) is 17.7. The Bertz CT molecular complexity index is 1350. The lowest BCUT2D eigenvalue weighted by Gasteiger charge is -2.24. The third-order valence-corrected chi connectivity index (χ3v) is 8.00. The Morgan fingerprint density at radius 1 is 1.03 bits per heavy atom. The highest BCUT2D eigenvalue weighted by atomic mass is 16.2. The average molecular weight is 479 g/mol. The van der Waals surface area contributed by atoms with Gasteiger partial charge in [0, 0.05) is 55.9 Å².